The van der Waals surface area contributed by atoms with Crippen LogP contribution >= 0.6 is 15.9 Å². The lowest BCUT2D eigenvalue weighted by atomic mass is 9.86. The second kappa shape index (κ2) is 12.0. The summed E-state index contributed by atoms with van der Waals surface area (Å²) in [6.45, 7) is 2.10. The Morgan fingerprint density at radius 2 is 1.71 bits per heavy atom. The lowest BCUT2D eigenvalue weighted by Gasteiger charge is -2.20. The first-order chi connectivity index (χ1) is 19.2. The predicted octanol–water partition coefficient (Wildman–Crippen LogP) is 7.64. The van der Waals surface area contributed by atoms with Crippen molar-refractivity contribution in [1.82, 2.24) is 14.8 Å². The van der Waals surface area contributed by atoms with Crippen molar-refractivity contribution in [2.75, 3.05) is 0 Å². The van der Waals surface area contributed by atoms with Gasteiger partial charge in [0.2, 0.25) is 0 Å². The van der Waals surface area contributed by atoms with Gasteiger partial charge in [-0.15, -0.1) is 0 Å². The number of nitrogens with zero attached hydrogens (tertiary/aromatic N) is 3. The van der Waals surface area contributed by atoms with Crippen LogP contribution in [0.4, 0.5) is 26.3 Å². The third kappa shape index (κ3) is 6.92. The highest BCUT2D eigenvalue weighted by molar-refractivity contribution is 9.10. The zero-order chi connectivity index (χ0) is 30.1. The van der Waals surface area contributed by atoms with Crippen LogP contribution in [0.25, 0.3) is 11.1 Å². The first-order valence-corrected chi connectivity index (χ1v) is 13.1. The number of rotatable bonds is 9. The molecule has 0 spiro atoms. The molecule has 5 nitrogen and oxygen atoms in total. The Kier molecular flexibility index (Phi) is 8.81. The van der Waals surface area contributed by atoms with E-state index in [1.807, 2.05) is 0 Å². The van der Waals surface area contributed by atoms with Gasteiger partial charge in [0, 0.05) is 30.2 Å². The minimum atomic E-state index is -4.74. The van der Waals surface area contributed by atoms with Crippen molar-refractivity contribution in [1.29, 1.82) is 0 Å². The lowest BCUT2D eigenvalue weighted by molar-refractivity contribution is -0.142. The molecule has 0 saturated carbocycles. The third-order valence-corrected chi connectivity index (χ3v) is 7.44. The van der Waals surface area contributed by atoms with Crippen molar-refractivity contribution >= 4 is 27.5 Å². The summed E-state index contributed by atoms with van der Waals surface area (Å²) >= 11 is 2.88. The van der Waals surface area contributed by atoms with Gasteiger partial charge in [0.1, 0.15) is 17.5 Å². The molecule has 4 aromatic rings. The van der Waals surface area contributed by atoms with Gasteiger partial charge in [-0.1, -0.05) is 12.1 Å². The smallest absolute Gasteiger partial charge is 0.298 e. The average molecular weight is 638 g/mol. The number of hydrogen-bond donors (Lipinski definition) is 0. The second-order valence-corrected chi connectivity index (χ2v) is 10.3. The number of Topliss-reactive ketones (excluding diaryl/α,β-unsaturated/α-hetero) is 2. The summed E-state index contributed by atoms with van der Waals surface area (Å²) < 4.78 is 82.9. The number of aromatic nitrogens is 3. The lowest BCUT2D eigenvalue weighted by Crippen LogP contribution is -2.19. The van der Waals surface area contributed by atoms with Crippen LogP contribution in [0, 0.1) is 24.4 Å². The third-order valence-electron chi connectivity index (χ3n) is 6.49. The highest BCUT2D eigenvalue weighted by Gasteiger charge is 2.38. The molecular formula is C29H22BrF6N3O2. The van der Waals surface area contributed by atoms with Gasteiger partial charge in [0.25, 0.3) is 0 Å². The van der Waals surface area contributed by atoms with Crippen LogP contribution in [-0.4, -0.2) is 26.3 Å². The number of pyridine rings is 1. The fourth-order valence-electron chi connectivity index (χ4n) is 4.59. The molecule has 12 heteroatoms. The van der Waals surface area contributed by atoms with Crippen LogP contribution in [0.5, 0.6) is 0 Å². The summed E-state index contributed by atoms with van der Waals surface area (Å²) in [4.78, 5) is 29.6. The van der Waals surface area contributed by atoms with Gasteiger partial charge in [-0.2, -0.15) is 18.3 Å². The largest absolute Gasteiger partial charge is 0.436 e. The van der Waals surface area contributed by atoms with Gasteiger partial charge in [0.15, 0.2) is 17.3 Å². The summed E-state index contributed by atoms with van der Waals surface area (Å²) in [5.74, 6) is -4.19. The SMILES string of the molecule is CC(=O)c1cc(-c2cccnc2[C@@H](CC(=O)Cn2nc(C(F)(F)F)c(Br)c2C)Cc2cc(F)cc(F)c2)ccc1F. The molecular weight excluding hydrogens is 616 g/mol. The molecule has 0 bridgehead atoms. The normalized spacial score (nSPS) is 12.4. The fraction of sp³-hybridized carbons (Fsp3) is 0.241. The summed E-state index contributed by atoms with van der Waals surface area (Å²) in [7, 11) is 0. The van der Waals surface area contributed by atoms with Crippen molar-refractivity contribution in [2.24, 2.45) is 0 Å². The second-order valence-electron chi connectivity index (χ2n) is 9.51. The van der Waals surface area contributed by atoms with Crippen LogP contribution in [0.15, 0.2) is 59.2 Å². The van der Waals surface area contributed by atoms with Crippen molar-refractivity contribution in [2.45, 2.75) is 45.3 Å². The Labute approximate surface area is 239 Å². The van der Waals surface area contributed by atoms with Crippen molar-refractivity contribution in [3.63, 3.8) is 0 Å². The highest BCUT2D eigenvalue weighted by atomic mass is 79.9. The van der Waals surface area contributed by atoms with Gasteiger partial charge < -0.3 is 0 Å². The first kappa shape index (κ1) is 30.2. The zero-order valence-corrected chi connectivity index (χ0v) is 23.3. The van der Waals surface area contributed by atoms with E-state index in [0.717, 1.165) is 22.9 Å². The Morgan fingerprint density at radius 1 is 1.02 bits per heavy atom. The molecule has 2 aromatic heterocycles. The van der Waals surface area contributed by atoms with E-state index in [2.05, 4.69) is 26.0 Å². The predicted molar refractivity (Wildman–Crippen MR) is 142 cm³/mol. The average Bonchev–Trinajstić information content (AvgIpc) is 3.16. The molecule has 0 aliphatic rings. The number of benzene rings is 2. The van der Waals surface area contributed by atoms with E-state index in [9.17, 15) is 35.9 Å². The number of ketones is 2. The van der Waals surface area contributed by atoms with Gasteiger partial charge in [-0.25, -0.2) is 13.2 Å². The molecule has 0 N–H and O–H groups in total. The van der Waals surface area contributed by atoms with E-state index in [1.165, 1.54) is 32.2 Å². The zero-order valence-electron chi connectivity index (χ0n) is 21.7. The fourth-order valence-corrected chi connectivity index (χ4v) is 5.10. The molecule has 214 valence electrons. The minimum absolute atomic E-state index is 0.0548. The van der Waals surface area contributed by atoms with E-state index in [4.69, 9.17) is 0 Å². The minimum Gasteiger partial charge on any atom is -0.298 e. The molecule has 0 saturated heterocycles. The molecule has 2 aromatic carbocycles. The Morgan fingerprint density at radius 3 is 2.32 bits per heavy atom. The quantitative estimate of drug-likeness (QED) is 0.140. The Balaban J connectivity index is 1.74. The Bertz CT molecular complexity index is 1610. The van der Waals surface area contributed by atoms with E-state index in [-0.39, 0.29) is 34.1 Å². The van der Waals surface area contributed by atoms with Gasteiger partial charge in [0.05, 0.1) is 28.0 Å². The standard InChI is InChI=1S/C29H22BrF6N3O2/c1-15-26(30)28(29(34,35)36)38-39(15)14-22(41)11-19(8-17-9-20(31)13-21(32)10-17)27-23(4-3-7-37-27)18-5-6-25(33)24(12-18)16(2)40/h3-7,9-10,12-13,19H,8,11,14H2,1-2H3/t19-/m1/s1. The van der Waals surface area contributed by atoms with Gasteiger partial charge >= 0.3 is 6.18 Å². The molecule has 0 amide bonds. The molecule has 0 aliphatic carbocycles. The van der Waals surface area contributed by atoms with Crippen molar-refractivity contribution < 1.29 is 35.9 Å². The van der Waals surface area contributed by atoms with Crippen LogP contribution in [0.1, 0.15) is 52.3 Å². The van der Waals surface area contributed by atoms with E-state index in [1.54, 1.807) is 12.1 Å². The summed E-state index contributed by atoms with van der Waals surface area (Å²) in [6.07, 6.45) is -3.62. The van der Waals surface area contributed by atoms with Gasteiger partial charge in [-0.3, -0.25) is 19.3 Å². The van der Waals surface area contributed by atoms with Crippen LogP contribution in [-0.2, 0) is 23.9 Å². The molecule has 0 unspecified atom stereocenters. The van der Waals surface area contributed by atoms with Crippen LogP contribution in [0.3, 0.4) is 0 Å². The van der Waals surface area contributed by atoms with Gasteiger partial charge in [-0.05, 0) is 77.7 Å². The maximum atomic E-state index is 14.2. The number of carbonyl (C=O) groups excluding carboxylic acids is 2. The number of halogens is 7. The summed E-state index contributed by atoms with van der Waals surface area (Å²) in [5.41, 5.74) is 0.178. The highest BCUT2D eigenvalue weighted by Crippen LogP contribution is 2.36. The molecule has 0 aliphatic heterocycles. The topological polar surface area (TPSA) is 64.8 Å². The maximum absolute atomic E-state index is 14.2. The molecule has 41 heavy (non-hydrogen) atoms. The molecule has 0 fully saturated rings. The van der Waals surface area contributed by atoms with Crippen molar-refractivity contribution in [3.8, 4) is 11.1 Å². The monoisotopic (exact) mass is 637 g/mol. The number of hydrogen-bond acceptors (Lipinski definition) is 4. The first-order valence-electron chi connectivity index (χ1n) is 12.3. The summed E-state index contributed by atoms with van der Waals surface area (Å²) in [6, 6.07) is 10.1. The molecule has 2 heterocycles. The van der Waals surface area contributed by atoms with E-state index < -0.39 is 53.4 Å². The van der Waals surface area contributed by atoms with Crippen LogP contribution in [0.2, 0.25) is 0 Å². The molecule has 1 atom stereocenters. The van der Waals surface area contributed by atoms with E-state index >= 15 is 0 Å². The number of alkyl halides is 3. The maximum Gasteiger partial charge on any atom is 0.436 e. The molecule has 0 radical (unpaired) electrons. The van der Waals surface area contributed by atoms with E-state index in [0.29, 0.717) is 22.9 Å². The molecule has 4 rings (SSSR count). The Hall–Kier alpha value is -3.80. The summed E-state index contributed by atoms with van der Waals surface area (Å²) in [5, 5.41) is 3.55. The van der Waals surface area contributed by atoms with Crippen LogP contribution < -0.4 is 0 Å². The number of carbonyl (C=O) groups is 2. The van der Waals surface area contributed by atoms with Crippen molar-refractivity contribution in [3.05, 3.63) is 105 Å².